The molecule has 0 unspecified atom stereocenters. The van der Waals surface area contributed by atoms with E-state index < -0.39 is 11.8 Å². The number of anilines is 1. The lowest BCUT2D eigenvalue weighted by molar-refractivity contribution is -0.113. The Kier molecular flexibility index (Phi) is 9.35. The van der Waals surface area contributed by atoms with Crippen molar-refractivity contribution in [3.63, 3.8) is 0 Å². The number of ketones is 1. The van der Waals surface area contributed by atoms with Crippen molar-refractivity contribution in [3.05, 3.63) is 143 Å². The van der Waals surface area contributed by atoms with Crippen LogP contribution < -0.4 is 15.4 Å². The van der Waals surface area contributed by atoms with Crippen molar-refractivity contribution < 1.29 is 23.5 Å². The number of carbonyl (C=O) groups excluding carboxylic acids is 3. The maximum absolute atomic E-state index is 13.3. The van der Waals surface area contributed by atoms with Crippen LogP contribution >= 0.6 is 0 Å². The van der Waals surface area contributed by atoms with Crippen molar-refractivity contribution in [1.29, 1.82) is 0 Å². The van der Waals surface area contributed by atoms with E-state index in [4.69, 9.17) is 4.74 Å². The lowest BCUT2D eigenvalue weighted by Gasteiger charge is -2.13. The van der Waals surface area contributed by atoms with Crippen molar-refractivity contribution in [2.45, 2.75) is 6.92 Å². The summed E-state index contributed by atoms with van der Waals surface area (Å²) in [6.45, 7) is 2.30. The molecular weight excluding hydrogens is 507 g/mol. The quantitative estimate of drug-likeness (QED) is 0.179. The van der Waals surface area contributed by atoms with Crippen molar-refractivity contribution in [1.82, 2.24) is 5.32 Å². The lowest BCUT2D eigenvalue weighted by atomic mass is 10.1. The summed E-state index contributed by atoms with van der Waals surface area (Å²) < 4.78 is 18.7. The third-order valence-electron chi connectivity index (χ3n) is 5.77. The Morgan fingerprint density at radius 2 is 1.48 bits per heavy atom. The Morgan fingerprint density at radius 3 is 2.17 bits per heavy atom. The van der Waals surface area contributed by atoms with Gasteiger partial charge in [0.15, 0.2) is 5.78 Å². The van der Waals surface area contributed by atoms with Crippen molar-refractivity contribution in [2.24, 2.45) is 0 Å². The van der Waals surface area contributed by atoms with E-state index in [0.717, 1.165) is 0 Å². The summed E-state index contributed by atoms with van der Waals surface area (Å²) in [4.78, 5) is 38.8. The fourth-order valence-electron chi connectivity index (χ4n) is 3.74. The SMILES string of the molecule is CCOc1ccccc1/C=C(\NC(=O)c1ccccc1)C(=O)Nc1ccc(C(=O)/C=C/c2ccc(F)cc2)cc1. The number of benzene rings is 4. The van der Waals surface area contributed by atoms with Gasteiger partial charge in [0.25, 0.3) is 11.8 Å². The summed E-state index contributed by atoms with van der Waals surface area (Å²) in [6, 6.07) is 27.9. The van der Waals surface area contributed by atoms with E-state index in [-0.39, 0.29) is 17.3 Å². The highest BCUT2D eigenvalue weighted by atomic mass is 19.1. The Labute approximate surface area is 231 Å². The van der Waals surface area contributed by atoms with Gasteiger partial charge in [-0.15, -0.1) is 0 Å². The Bertz CT molecular complexity index is 1540. The summed E-state index contributed by atoms with van der Waals surface area (Å²) in [7, 11) is 0. The van der Waals surface area contributed by atoms with E-state index in [1.807, 2.05) is 19.1 Å². The molecule has 7 heteroatoms. The second-order valence-electron chi connectivity index (χ2n) is 8.63. The number of halogens is 1. The highest BCUT2D eigenvalue weighted by molar-refractivity contribution is 6.11. The second kappa shape index (κ2) is 13.5. The monoisotopic (exact) mass is 534 g/mol. The normalized spacial score (nSPS) is 11.2. The number of allylic oxidation sites excluding steroid dienone is 1. The van der Waals surface area contributed by atoms with Gasteiger partial charge >= 0.3 is 0 Å². The number of hydrogen-bond acceptors (Lipinski definition) is 4. The number of amides is 2. The van der Waals surface area contributed by atoms with Crippen LogP contribution in [-0.2, 0) is 4.79 Å². The number of rotatable bonds is 10. The molecule has 0 heterocycles. The number of nitrogens with one attached hydrogen (secondary N) is 2. The van der Waals surface area contributed by atoms with Gasteiger partial charge < -0.3 is 15.4 Å². The molecule has 0 atom stereocenters. The first-order valence-electron chi connectivity index (χ1n) is 12.6. The standard InChI is InChI=1S/C33H27FN2O4/c1-2-40-31-11-7-6-10-26(31)22-29(36-32(38)25-8-4-3-5-9-25)33(39)35-28-19-15-24(16-20-28)30(37)21-14-23-12-17-27(34)18-13-23/h3-22H,2H2,1H3,(H,35,39)(H,36,38)/b21-14+,29-22-. The number of hydrogen-bond donors (Lipinski definition) is 2. The largest absolute Gasteiger partial charge is 0.493 e. The maximum atomic E-state index is 13.3. The fraction of sp³-hybridized carbons (Fsp3) is 0.0606. The molecule has 2 N–H and O–H groups in total. The molecule has 0 fully saturated rings. The molecular formula is C33H27FN2O4. The van der Waals surface area contributed by atoms with Crippen molar-refractivity contribution in [2.75, 3.05) is 11.9 Å². The van der Waals surface area contributed by atoms with E-state index in [1.54, 1.807) is 91.0 Å². The topological polar surface area (TPSA) is 84.5 Å². The summed E-state index contributed by atoms with van der Waals surface area (Å²) in [5.74, 6) is -1.01. The van der Waals surface area contributed by atoms with Crippen LogP contribution in [0.1, 0.15) is 38.8 Å². The molecule has 200 valence electrons. The minimum atomic E-state index is -0.550. The third kappa shape index (κ3) is 7.61. The lowest BCUT2D eigenvalue weighted by Crippen LogP contribution is -2.30. The van der Waals surface area contributed by atoms with Gasteiger partial charge in [0, 0.05) is 22.4 Å². The average Bonchev–Trinajstić information content (AvgIpc) is 2.98. The predicted octanol–water partition coefficient (Wildman–Crippen LogP) is 6.53. The molecule has 4 aromatic carbocycles. The van der Waals surface area contributed by atoms with Crippen LogP contribution in [0.15, 0.2) is 115 Å². The Hall–Kier alpha value is -5.30. The molecule has 4 rings (SSSR count). The van der Waals surface area contributed by atoms with Crippen LogP contribution in [0, 0.1) is 5.82 Å². The molecule has 0 bridgehead atoms. The van der Waals surface area contributed by atoms with E-state index >= 15 is 0 Å². The van der Waals surface area contributed by atoms with Gasteiger partial charge in [-0.05, 0) is 79.2 Å². The zero-order chi connectivity index (χ0) is 28.3. The molecule has 0 aromatic heterocycles. The molecule has 0 radical (unpaired) electrons. The molecule has 0 aliphatic heterocycles. The van der Waals surface area contributed by atoms with Crippen LogP contribution in [0.25, 0.3) is 12.2 Å². The van der Waals surface area contributed by atoms with E-state index in [0.29, 0.717) is 40.3 Å². The van der Waals surface area contributed by atoms with Gasteiger partial charge in [-0.2, -0.15) is 0 Å². The molecule has 0 aliphatic rings. The Balaban J connectivity index is 1.52. The van der Waals surface area contributed by atoms with Crippen molar-refractivity contribution >= 4 is 35.4 Å². The molecule has 0 saturated heterocycles. The zero-order valence-electron chi connectivity index (χ0n) is 21.8. The van der Waals surface area contributed by atoms with Gasteiger partial charge in [-0.25, -0.2) is 4.39 Å². The molecule has 6 nitrogen and oxygen atoms in total. The minimum absolute atomic E-state index is 0.0170. The molecule has 2 amide bonds. The summed E-state index contributed by atoms with van der Waals surface area (Å²) in [5.41, 5.74) is 2.58. The zero-order valence-corrected chi connectivity index (χ0v) is 21.8. The van der Waals surface area contributed by atoms with E-state index in [2.05, 4.69) is 10.6 Å². The number of carbonyl (C=O) groups is 3. The van der Waals surface area contributed by atoms with Crippen LogP contribution in [0.2, 0.25) is 0 Å². The Morgan fingerprint density at radius 1 is 0.800 bits per heavy atom. The predicted molar refractivity (Wildman–Crippen MR) is 154 cm³/mol. The minimum Gasteiger partial charge on any atom is -0.493 e. The van der Waals surface area contributed by atoms with E-state index in [9.17, 15) is 18.8 Å². The molecule has 40 heavy (non-hydrogen) atoms. The second-order valence-corrected chi connectivity index (χ2v) is 8.63. The van der Waals surface area contributed by atoms with Crippen molar-refractivity contribution in [3.8, 4) is 5.75 Å². The van der Waals surface area contributed by atoms with Gasteiger partial charge in [0.05, 0.1) is 6.61 Å². The summed E-state index contributed by atoms with van der Waals surface area (Å²) in [5, 5.41) is 5.48. The summed E-state index contributed by atoms with van der Waals surface area (Å²) >= 11 is 0. The highest BCUT2D eigenvalue weighted by Gasteiger charge is 2.16. The van der Waals surface area contributed by atoms with Gasteiger partial charge in [-0.1, -0.05) is 54.6 Å². The fourth-order valence-corrected chi connectivity index (χ4v) is 3.74. The van der Waals surface area contributed by atoms with Crippen LogP contribution in [0.3, 0.4) is 0 Å². The number of ether oxygens (including phenoxy) is 1. The van der Waals surface area contributed by atoms with Crippen LogP contribution in [-0.4, -0.2) is 24.2 Å². The average molecular weight is 535 g/mol. The molecule has 0 spiro atoms. The van der Waals surface area contributed by atoms with E-state index in [1.165, 1.54) is 18.2 Å². The smallest absolute Gasteiger partial charge is 0.272 e. The summed E-state index contributed by atoms with van der Waals surface area (Å²) in [6.07, 6.45) is 4.56. The number of para-hydroxylation sites is 1. The highest BCUT2D eigenvalue weighted by Crippen LogP contribution is 2.21. The third-order valence-corrected chi connectivity index (χ3v) is 5.77. The molecule has 0 saturated carbocycles. The first-order chi connectivity index (χ1) is 19.4. The first-order valence-corrected chi connectivity index (χ1v) is 12.6. The molecule has 0 aliphatic carbocycles. The molecule has 4 aromatic rings. The maximum Gasteiger partial charge on any atom is 0.272 e. The van der Waals surface area contributed by atoms with Gasteiger partial charge in [-0.3, -0.25) is 14.4 Å². The van der Waals surface area contributed by atoms with Gasteiger partial charge in [0.2, 0.25) is 0 Å². The first kappa shape index (κ1) is 27.7. The van der Waals surface area contributed by atoms with Crippen LogP contribution in [0.5, 0.6) is 5.75 Å². The van der Waals surface area contributed by atoms with Gasteiger partial charge in [0.1, 0.15) is 17.3 Å². The van der Waals surface area contributed by atoms with Crippen LogP contribution in [0.4, 0.5) is 10.1 Å².